The molecule has 1 aromatic carbocycles. The minimum absolute atomic E-state index is 0.0854. The number of likely N-dealkylation sites (N-methyl/N-ethyl adjacent to an activating group) is 1. The summed E-state index contributed by atoms with van der Waals surface area (Å²) in [5, 5.41) is 10.4. The van der Waals surface area contributed by atoms with Gasteiger partial charge in [-0.2, -0.15) is 0 Å². The summed E-state index contributed by atoms with van der Waals surface area (Å²) < 4.78 is 0. The number of hydrogen-bond acceptors (Lipinski definition) is 4. The molecule has 1 aromatic rings. The van der Waals surface area contributed by atoms with Crippen molar-refractivity contribution in [2.45, 2.75) is 13.5 Å². The molecule has 1 rings (SSSR count). The molecule has 0 N–H and O–H groups in total. The van der Waals surface area contributed by atoms with Crippen LogP contribution in [-0.2, 0) is 11.3 Å². The molecule has 0 atom stereocenters. The van der Waals surface area contributed by atoms with Crippen molar-refractivity contribution in [1.29, 1.82) is 0 Å². The van der Waals surface area contributed by atoms with Gasteiger partial charge in [0.2, 0.25) is 0 Å². The summed E-state index contributed by atoms with van der Waals surface area (Å²) in [5.41, 5.74) is 1.05. The van der Waals surface area contributed by atoms with Gasteiger partial charge in [-0.25, -0.2) is 0 Å². The molecule has 16 heavy (non-hydrogen) atoms. The molecule has 0 saturated carbocycles. The van der Waals surface area contributed by atoms with E-state index in [1.54, 1.807) is 12.1 Å². The number of benzene rings is 1. The number of aldehydes is 1. The maximum Gasteiger partial charge on any atom is 0.269 e. The third-order valence-corrected chi connectivity index (χ3v) is 2.33. The highest BCUT2D eigenvalue weighted by molar-refractivity contribution is 5.52. The summed E-state index contributed by atoms with van der Waals surface area (Å²) in [5.74, 6) is 0. The number of nitrogens with zero attached hydrogens (tertiary/aromatic N) is 2. The van der Waals surface area contributed by atoms with Gasteiger partial charge in [0.1, 0.15) is 6.29 Å². The van der Waals surface area contributed by atoms with Gasteiger partial charge in [-0.1, -0.05) is 19.1 Å². The predicted molar refractivity (Wildman–Crippen MR) is 60.1 cm³/mol. The Balaban J connectivity index is 2.66. The van der Waals surface area contributed by atoms with Gasteiger partial charge in [-0.15, -0.1) is 0 Å². The van der Waals surface area contributed by atoms with Gasteiger partial charge in [-0.3, -0.25) is 15.0 Å². The molecule has 0 fully saturated rings. The van der Waals surface area contributed by atoms with E-state index >= 15 is 0 Å². The SMILES string of the molecule is CCN(CC=O)Cc1ccc([N+](=O)[O-])cc1. The molecule has 5 nitrogen and oxygen atoms in total. The highest BCUT2D eigenvalue weighted by Gasteiger charge is 2.06. The molecule has 0 bridgehead atoms. The second-order valence-electron chi connectivity index (χ2n) is 3.42. The Morgan fingerprint density at radius 2 is 2.00 bits per heavy atom. The van der Waals surface area contributed by atoms with Crippen molar-refractivity contribution < 1.29 is 9.72 Å². The van der Waals surface area contributed by atoms with Crippen LogP contribution in [0, 0.1) is 10.1 Å². The van der Waals surface area contributed by atoms with E-state index in [-0.39, 0.29) is 5.69 Å². The summed E-state index contributed by atoms with van der Waals surface area (Å²) >= 11 is 0. The average Bonchev–Trinajstić information content (AvgIpc) is 2.29. The van der Waals surface area contributed by atoms with Crippen LogP contribution >= 0.6 is 0 Å². The van der Waals surface area contributed by atoms with E-state index < -0.39 is 4.92 Å². The van der Waals surface area contributed by atoms with E-state index in [0.29, 0.717) is 13.1 Å². The van der Waals surface area contributed by atoms with Crippen molar-refractivity contribution >= 4 is 12.0 Å². The summed E-state index contributed by atoms with van der Waals surface area (Å²) in [4.78, 5) is 22.3. The smallest absolute Gasteiger partial charge is 0.269 e. The fourth-order valence-corrected chi connectivity index (χ4v) is 1.39. The first-order chi connectivity index (χ1) is 7.67. The topological polar surface area (TPSA) is 63.5 Å². The molecule has 0 amide bonds. The van der Waals surface area contributed by atoms with Crippen molar-refractivity contribution in [1.82, 2.24) is 4.90 Å². The normalized spacial score (nSPS) is 10.4. The van der Waals surface area contributed by atoms with Gasteiger partial charge in [0.25, 0.3) is 5.69 Å². The van der Waals surface area contributed by atoms with E-state index in [1.807, 2.05) is 11.8 Å². The van der Waals surface area contributed by atoms with Gasteiger partial charge in [0.05, 0.1) is 11.5 Å². The number of nitro groups is 1. The third-order valence-electron chi connectivity index (χ3n) is 2.33. The molecule has 0 heterocycles. The first-order valence-corrected chi connectivity index (χ1v) is 5.06. The van der Waals surface area contributed by atoms with E-state index in [0.717, 1.165) is 18.4 Å². The molecule has 0 aliphatic carbocycles. The van der Waals surface area contributed by atoms with Gasteiger partial charge >= 0.3 is 0 Å². The van der Waals surface area contributed by atoms with Crippen molar-refractivity contribution in [2.24, 2.45) is 0 Å². The Morgan fingerprint density at radius 3 is 2.44 bits per heavy atom. The van der Waals surface area contributed by atoms with Crippen molar-refractivity contribution in [3.05, 3.63) is 39.9 Å². The van der Waals surface area contributed by atoms with Crippen LogP contribution in [0.5, 0.6) is 0 Å². The summed E-state index contributed by atoms with van der Waals surface area (Å²) in [6.45, 7) is 3.76. The van der Waals surface area contributed by atoms with Crippen molar-refractivity contribution in [3.8, 4) is 0 Å². The Hall–Kier alpha value is -1.75. The Morgan fingerprint density at radius 1 is 1.38 bits per heavy atom. The fourth-order valence-electron chi connectivity index (χ4n) is 1.39. The van der Waals surface area contributed by atoms with Crippen molar-refractivity contribution in [3.63, 3.8) is 0 Å². The maximum atomic E-state index is 10.4. The Labute approximate surface area is 93.8 Å². The number of nitro benzene ring substituents is 1. The van der Waals surface area contributed by atoms with Gasteiger partial charge in [-0.05, 0) is 12.1 Å². The molecule has 0 unspecified atom stereocenters. The van der Waals surface area contributed by atoms with Crippen LogP contribution in [0.1, 0.15) is 12.5 Å². The fraction of sp³-hybridized carbons (Fsp3) is 0.364. The number of non-ortho nitro benzene ring substituents is 1. The van der Waals surface area contributed by atoms with Gasteiger partial charge in [0, 0.05) is 18.7 Å². The number of carbonyl (C=O) groups excluding carboxylic acids is 1. The molecule has 0 radical (unpaired) electrons. The Bertz CT molecular complexity index is 362. The minimum Gasteiger partial charge on any atom is -0.302 e. The zero-order chi connectivity index (χ0) is 12.0. The number of rotatable bonds is 6. The Kier molecular flexibility index (Phi) is 4.60. The molecule has 0 aliphatic heterocycles. The second kappa shape index (κ2) is 5.97. The molecule has 0 aliphatic rings. The molecule has 5 heteroatoms. The predicted octanol–water partition coefficient (Wildman–Crippen LogP) is 1.62. The summed E-state index contributed by atoms with van der Waals surface area (Å²) in [6.07, 6.45) is 0.856. The lowest BCUT2D eigenvalue weighted by molar-refractivity contribution is -0.384. The van der Waals surface area contributed by atoms with Crippen LogP contribution < -0.4 is 0 Å². The summed E-state index contributed by atoms with van der Waals surface area (Å²) in [7, 11) is 0. The molecular formula is C11H14N2O3. The lowest BCUT2D eigenvalue weighted by Crippen LogP contribution is -2.24. The first-order valence-electron chi connectivity index (χ1n) is 5.06. The molecule has 0 aromatic heterocycles. The first kappa shape index (κ1) is 12.3. The highest BCUT2D eigenvalue weighted by atomic mass is 16.6. The van der Waals surface area contributed by atoms with Crippen LogP contribution in [0.4, 0.5) is 5.69 Å². The standard InChI is InChI=1S/C11H14N2O3/c1-2-12(7-8-14)9-10-3-5-11(6-4-10)13(15)16/h3-6,8H,2,7,9H2,1H3. The van der Waals surface area contributed by atoms with E-state index in [1.165, 1.54) is 12.1 Å². The zero-order valence-electron chi connectivity index (χ0n) is 9.13. The lowest BCUT2D eigenvalue weighted by atomic mass is 10.2. The number of carbonyl (C=O) groups is 1. The highest BCUT2D eigenvalue weighted by Crippen LogP contribution is 2.13. The van der Waals surface area contributed by atoms with Gasteiger partial charge in [0.15, 0.2) is 0 Å². The quantitative estimate of drug-likeness (QED) is 0.417. The minimum atomic E-state index is -0.424. The lowest BCUT2D eigenvalue weighted by Gasteiger charge is -2.16. The summed E-state index contributed by atoms with van der Waals surface area (Å²) in [6, 6.07) is 6.38. The van der Waals surface area contributed by atoms with E-state index in [9.17, 15) is 14.9 Å². The monoisotopic (exact) mass is 222 g/mol. The number of hydrogen-bond donors (Lipinski definition) is 0. The second-order valence-corrected chi connectivity index (χ2v) is 3.42. The zero-order valence-corrected chi connectivity index (χ0v) is 9.13. The van der Waals surface area contributed by atoms with E-state index in [4.69, 9.17) is 0 Å². The molecular weight excluding hydrogens is 208 g/mol. The molecule has 86 valence electrons. The van der Waals surface area contributed by atoms with Crippen molar-refractivity contribution in [2.75, 3.05) is 13.1 Å². The van der Waals surface area contributed by atoms with Crippen LogP contribution in [-0.4, -0.2) is 29.2 Å². The van der Waals surface area contributed by atoms with Crippen LogP contribution in [0.2, 0.25) is 0 Å². The maximum absolute atomic E-state index is 10.4. The average molecular weight is 222 g/mol. The van der Waals surface area contributed by atoms with Crippen LogP contribution in [0.25, 0.3) is 0 Å². The largest absolute Gasteiger partial charge is 0.302 e. The van der Waals surface area contributed by atoms with Crippen LogP contribution in [0.15, 0.2) is 24.3 Å². The molecule has 0 saturated heterocycles. The van der Waals surface area contributed by atoms with Gasteiger partial charge < -0.3 is 4.79 Å². The third kappa shape index (κ3) is 3.43. The van der Waals surface area contributed by atoms with Crippen LogP contribution in [0.3, 0.4) is 0 Å². The van der Waals surface area contributed by atoms with E-state index in [2.05, 4.69) is 0 Å². The molecule has 0 spiro atoms.